The number of carbonyl (C=O) groups excluding carboxylic acids is 1. The highest BCUT2D eigenvalue weighted by Crippen LogP contribution is 2.40. The highest BCUT2D eigenvalue weighted by atomic mass is 79.9. The molecule has 5 heteroatoms. The van der Waals surface area contributed by atoms with Gasteiger partial charge >= 0.3 is 0 Å². The molecule has 2 heterocycles. The molecule has 0 saturated heterocycles. The van der Waals surface area contributed by atoms with E-state index in [1.165, 1.54) is 0 Å². The Morgan fingerprint density at radius 1 is 0.968 bits per heavy atom. The predicted octanol–water partition coefficient (Wildman–Crippen LogP) is 5.92. The van der Waals surface area contributed by atoms with Crippen LogP contribution in [0.15, 0.2) is 80.4 Å². The fourth-order valence-electron chi connectivity index (χ4n) is 4.44. The smallest absolute Gasteiger partial charge is 0.291 e. The lowest BCUT2D eigenvalue weighted by Crippen LogP contribution is -2.29. The Bertz CT molecular complexity index is 1390. The second-order valence-corrected chi connectivity index (χ2v) is 8.92. The van der Waals surface area contributed by atoms with Gasteiger partial charge in [-0.1, -0.05) is 64.5 Å². The van der Waals surface area contributed by atoms with Crippen molar-refractivity contribution in [2.75, 3.05) is 0 Å². The number of aryl methyl sites for hydroxylation is 2. The van der Waals surface area contributed by atoms with Gasteiger partial charge in [-0.05, 0) is 54.3 Å². The van der Waals surface area contributed by atoms with Gasteiger partial charge in [0, 0.05) is 11.0 Å². The maximum absolute atomic E-state index is 13.7. The summed E-state index contributed by atoms with van der Waals surface area (Å²) in [7, 11) is 0. The van der Waals surface area contributed by atoms with E-state index in [9.17, 15) is 9.59 Å². The van der Waals surface area contributed by atoms with Crippen molar-refractivity contribution in [3.8, 4) is 0 Å². The molecular weight excluding hydrogens is 454 g/mol. The molecule has 5 rings (SSSR count). The topological polar surface area (TPSA) is 50.5 Å². The molecule has 0 fully saturated rings. The lowest BCUT2D eigenvalue weighted by atomic mass is 9.97. The summed E-state index contributed by atoms with van der Waals surface area (Å²) in [6.07, 6.45) is 0. The quantitative estimate of drug-likeness (QED) is 0.371. The Labute approximate surface area is 188 Å². The number of hydrogen-bond donors (Lipinski definition) is 0. The fourth-order valence-corrected chi connectivity index (χ4v) is 4.86. The van der Waals surface area contributed by atoms with Crippen molar-refractivity contribution in [2.45, 2.75) is 26.4 Å². The molecule has 4 nitrogen and oxygen atoms in total. The Morgan fingerprint density at radius 3 is 2.48 bits per heavy atom. The number of amides is 1. The molecule has 1 amide bonds. The van der Waals surface area contributed by atoms with Crippen LogP contribution in [0.3, 0.4) is 0 Å². The summed E-state index contributed by atoms with van der Waals surface area (Å²) < 4.78 is 7.02. The van der Waals surface area contributed by atoms with Gasteiger partial charge in [0.15, 0.2) is 5.43 Å². The average Bonchev–Trinajstić information content (AvgIpc) is 3.02. The Balaban J connectivity index is 1.77. The van der Waals surface area contributed by atoms with Crippen LogP contribution in [0.1, 0.15) is 44.4 Å². The lowest BCUT2D eigenvalue weighted by Gasteiger charge is -2.25. The summed E-state index contributed by atoms with van der Waals surface area (Å²) in [5.74, 6) is -0.117. The van der Waals surface area contributed by atoms with Crippen molar-refractivity contribution in [1.29, 1.82) is 0 Å². The zero-order chi connectivity index (χ0) is 21.7. The van der Waals surface area contributed by atoms with E-state index in [1.807, 2.05) is 80.6 Å². The van der Waals surface area contributed by atoms with Gasteiger partial charge in [-0.25, -0.2) is 0 Å². The van der Waals surface area contributed by atoms with Gasteiger partial charge < -0.3 is 9.32 Å². The summed E-state index contributed by atoms with van der Waals surface area (Å²) in [6, 6.07) is 20.8. The van der Waals surface area contributed by atoms with Crippen LogP contribution in [-0.4, -0.2) is 10.8 Å². The van der Waals surface area contributed by atoms with Crippen LogP contribution in [0.2, 0.25) is 0 Å². The van der Waals surface area contributed by atoms with Gasteiger partial charge in [0.1, 0.15) is 5.58 Å². The first-order chi connectivity index (χ1) is 14.9. The summed E-state index contributed by atoms with van der Waals surface area (Å²) in [5.41, 5.74) is 4.46. The third kappa shape index (κ3) is 3.29. The first-order valence-electron chi connectivity index (χ1n) is 10.1. The van der Waals surface area contributed by atoms with Crippen molar-refractivity contribution in [3.05, 3.63) is 115 Å². The zero-order valence-corrected chi connectivity index (χ0v) is 18.8. The second kappa shape index (κ2) is 7.50. The SMILES string of the molecule is Cc1cc(C)c2oc3c(c(=O)c2c1)C(c1cccc(Br)c1)N(Cc1ccccc1)C3=O. The number of nitrogens with zero attached hydrogens (tertiary/aromatic N) is 1. The van der Waals surface area contributed by atoms with E-state index in [-0.39, 0.29) is 17.1 Å². The predicted molar refractivity (Wildman–Crippen MR) is 124 cm³/mol. The first-order valence-corrected chi connectivity index (χ1v) is 10.9. The van der Waals surface area contributed by atoms with Crippen LogP contribution in [0, 0.1) is 13.8 Å². The van der Waals surface area contributed by atoms with Gasteiger partial charge in [0.25, 0.3) is 5.91 Å². The second-order valence-electron chi connectivity index (χ2n) is 8.01. The minimum absolute atomic E-state index is 0.142. The highest BCUT2D eigenvalue weighted by Gasteiger charge is 2.42. The average molecular weight is 474 g/mol. The molecule has 0 bridgehead atoms. The molecule has 1 aromatic heterocycles. The Hall–Kier alpha value is -3.18. The summed E-state index contributed by atoms with van der Waals surface area (Å²) >= 11 is 3.52. The largest absolute Gasteiger partial charge is 0.450 e. The lowest BCUT2D eigenvalue weighted by molar-refractivity contribution is 0.0714. The zero-order valence-electron chi connectivity index (χ0n) is 17.2. The van der Waals surface area contributed by atoms with Crippen molar-refractivity contribution in [2.24, 2.45) is 0 Å². The fraction of sp³-hybridized carbons (Fsp3) is 0.154. The summed E-state index contributed by atoms with van der Waals surface area (Å²) in [4.78, 5) is 28.9. The maximum atomic E-state index is 13.7. The molecule has 0 saturated carbocycles. The molecule has 0 aliphatic carbocycles. The van der Waals surface area contributed by atoms with Gasteiger partial charge in [0.2, 0.25) is 5.76 Å². The molecule has 1 aliphatic rings. The van der Waals surface area contributed by atoms with Gasteiger partial charge in [-0.2, -0.15) is 0 Å². The van der Waals surface area contributed by atoms with Gasteiger partial charge in [0.05, 0.1) is 17.0 Å². The molecule has 0 radical (unpaired) electrons. The van der Waals surface area contributed by atoms with E-state index in [2.05, 4.69) is 15.9 Å². The minimum Gasteiger partial charge on any atom is -0.450 e. The monoisotopic (exact) mass is 473 g/mol. The Morgan fingerprint density at radius 2 is 1.74 bits per heavy atom. The van der Waals surface area contributed by atoms with Crippen LogP contribution in [0.4, 0.5) is 0 Å². The minimum atomic E-state index is -0.512. The molecule has 1 atom stereocenters. The molecule has 31 heavy (non-hydrogen) atoms. The van der Waals surface area contributed by atoms with Crippen LogP contribution in [0.5, 0.6) is 0 Å². The van der Waals surface area contributed by atoms with Crippen LogP contribution in [0.25, 0.3) is 11.0 Å². The first kappa shape index (κ1) is 19.8. The number of benzene rings is 3. The van der Waals surface area contributed by atoms with Crippen molar-refractivity contribution in [1.82, 2.24) is 4.90 Å². The van der Waals surface area contributed by atoms with Crippen molar-refractivity contribution in [3.63, 3.8) is 0 Å². The third-order valence-electron chi connectivity index (χ3n) is 5.76. The highest BCUT2D eigenvalue weighted by molar-refractivity contribution is 9.10. The van der Waals surface area contributed by atoms with Crippen molar-refractivity contribution >= 4 is 32.8 Å². The molecule has 3 aromatic carbocycles. The number of hydrogen-bond acceptors (Lipinski definition) is 3. The molecule has 0 spiro atoms. The van der Waals surface area contributed by atoms with E-state index >= 15 is 0 Å². The van der Waals surface area contributed by atoms with E-state index in [1.54, 1.807) is 4.90 Å². The van der Waals surface area contributed by atoms with E-state index < -0.39 is 6.04 Å². The molecular formula is C26H20BrNO3. The van der Waals surface area contributed by atoms with Crippen molar-refractivity contribution < 1.29 is 9.21 Å². The molecule has 0 N–H and O–H groups in total. The van der Waals surface area contributed by atoms with Crippen LogP contribution in [-0.2, 0) is 6.54 Å². The van der Waals surface area contributed by atoms with Gasteiger partial charge in [-0.3, -0.25) is 9.59 Å². The number of rotatable bonds is 3. The molecule has 1 unspecified atom stereocenters. The number of fused-ring (bicyclic) bond motifs is 2. The molecule has 154 valence electrons. The third-order valence-corrected chi connectivity index (χ3v) is 6.25. The van der Waals surface area contributed by atoms with Crippen LogP contribution >= 0.6 is 15.9 Å². The summed E-state index contributed by atoms with van der Waals surface area (Å²) in [6.45, 7) is 4.24. The maximum Gasteiger partial charge on any atom is 0.291 e. The number of carbonyl (C=O) groups is 1. The van der Waals surface area contributed by atoms with E-state index in [4.69, 9.17) is 4.42 Å². The van der Waals surface area contributed by atoms with Gasteiger partial charge in [-0.15, -0.1) is 0 Å². The van der Waals surface area contributed by atoms with E-state index in [0.29, 0.717) is 23.1 Å². The normalized spacial score (nSPS) is 15.5. The Kier molecular flexibility index (Phi) is 4.78. The molecule has 1 aliphatic heterocycles. The molecule has 4 aromatic rings. The van der Waals surface area contributed by atoms with Crippen LogP contribution < -0.4 is 5.43 Å². The standard InChI is InChI=1S/C26H20BrNO3/c1-15-11-16(2)24-20(12-15)23(29)21-22(18-9-6-10-19(27)13-18)28(26(30)25(21)31-24)14-17-7-4-3-5-8-17/h3-13,22H,14H2,1-2H3. The number of halogens is 1. The van der Waals surface area contributed by atoms with E-state index in [0.717, 1.165) is 26.7 Å². The summed E-state index contributed by atoms with van der Waals surface area (Å²) in [5, 5.41) is 0.519.